The van der Waals surface area contributed by atoms with Gasteiger partial charge in [0.05, 0.1) is 10.6 Å². The van der Waals surface area contributed by atoms with Crippen LogP contribution in [0.3, 0.4) is 0 Å². The van der Waals surface area contributed by atoms with Gasteiger partial charge >= 0.3 is 5.97 Å². The van der Waals surface area contributed by atoms with Crippen molar-refractivity contribution >= 4 is 34.3 Å². The van der Waals surface area contributed by atoms with E-state index >= 15 is 0 Å². The quantitative estimate of drug-likeness (QED) is 0.504. The summed E-state index contributed by atoms with van der Waals surface area (Å²) in [5.41, 5.74) is 1.78. The Morgan fingerprint density at radius 1 is 1.19 bits per heavy atom. The Morgan fingerprint density at radius 3 is 2.88 bits per heavy atom. The maximum absolute atomic E-state index is 12.2. The third kappa shape index (κ3) is 3.16. The summed E-state index contributed by atoms with van der Waals surface area (Å²) in [6.07, 6.45) is 0. The summed E-state index contributed by atoms with van der Waals surface area (Å²) >= 11 is 2.96. The average Bonchev–Trinajstić information content (AvgIpc) is 3.30. The van der Waals surface area contributed by atoms with Crippen LogP contribution in [0.1, 0.15) is 21.9 Å². The number of fused-ring (bicyclic) bond motifs is 1. The topological polar surface area (TPSA) is 73.6 Å². The zero-order valence-corrected chi connectivity index (χ0v) is 15.3. The molecule has 0 unspecified atom stereocenters. The van der Waals surface area contributed by atoms with Crippen LogP contribution in [0.15, 0.2) is 52.0 Å². The number of aryl methyl sites for hydroxylation is 1. The number of nitrogens with zero attached hydrogens (tertiary/aromatic N) is 3. The fourth-order valence-electron chi connectivity index (χ4n) is 2.53. The Hall–Kier alpha value is -2.84. The summed E-state index contributed by atoms with van der Waals surface area (Å²) in [5.74, 6) is -0.532. The molecule has 4 aromatic heterocycles. The normalized spacial score (nSPS) is 11.0. The first kappa shape index (κ1) is 16.6. The lowest BCUT2D eigenvalue weighted by Crippen LogP contribution is -2.18. The van der Waals surface area contributed by atoms with E-state index < -0.39 is 5.97 Å². The van der Waals surface area contributed by atoms with Crippen LogP contribution in [0.2, 0.25) is 0 Å². The molecule has 0 atom stereocenters. The number of pyridine rings is 1. The number of thiophene rings is 1. The van der Waals surface area contributed by atoms with Gasteiger partial charge in [0, 0.05) is 17.1 Å². The number of aromatic nitrogens is 3. The minimum absolute atomic E-state index is 0.0790. The second-order valence-corrected chi connectivity index (χ2v) is 7.34. The summed E-state index contributed by atoms with van der Waals surface area (Å²) < 4.78 is 6.79. The van der Waals surface area contributed by atoms with Crippen LogP contribution in [-0.4, -0.2) is 20.3 Å². The van der Waals surface area contributed by atoms with Crippen molar-refractivity contribution in [3.8, 4) is 9.88 Å². The van der Waals surface area contributed by atoms with E-state index in [1.54, 1.807) is 22.8 Å². The van der Waals surface area contributed by atoms with Gasteiger partial charge in [-0.3, -0.25) is 9.20 Å². The first-order valence-electron chi connectivity index (χ1n) is 7.76. The van der Waals surface area contributed by atoms with Crippen molar-refractivity contribution in [2.24, 2.45) is 0 Å². The molecule has 0 saturated carbocycles. The van der Waals surface area contributed by atoms with Gasteiger partial charge in [-0.1, -0.05) is 12.1 Å². The van der Waals surface area contributed by atoms with Crippen LogP contribution >= 0.6 is 22.7 Å². The Morgan fingerprint density at radius 2 is 2.08 bits per heavy atom. The standard InChI is InChI=1S/C18H13N3O3S2/c1-11-4-2-6-15-19-12(8-16(22)21(11)15)9-24-18(23)13-10-26-17(20-13)14-5-3-7-25-14/h2-8,10H,9H2,1H3. The SMILES string of the molecule is Cc1cccc2nc(COC(=O)c3csc(-c4cccs4)n3)cc(=O)n12. The molecule has 0 N–H and O–H groups in total. The molecule has 0 aliphatic carbocycles. The third-order valence-corrected chi connectivity index (χ3v) is 5.61. The highest BCUT2D eigenvalue weighted by molar-refractivity contribution is 7.20. The van der Waals surface area contributed by atoms with Crippen molar-refractivity contribution in [3.05, 3.63) is 74.6 Å². The van der Waals surface area contributed by atoms with Gasteiger partial charge in [0.2, 0.25) is 0 Å². The first-order chi connectivity index (χ1) is 12.6. The van der Waals surface area contributed by atoms with Gasteiger partial charge in [0.15, 0.2) is 5.69 Å². The number of esters is 1. The summed E-state index contributed by atoms with van der Waals surface area (Å²) in [5, 5.41) is 4.41. The molecule has 0 spiro atoms. The number of hydrogen-bond donors (Lipinski definition) is 0. The van der Waals surface area contributed by atoms with Crippen LogP contribution in [-0.2, 0) is 11.3 Å². The van der Waals surface area contributed by atoms with Gasteiger partial charge in [0.25, 0.3) is 5.56 Å². The van der Waals surface area contributed by atoms with E-state index in [9.17, 15) is 9.59 Å². The molecule has 0 fully saturated rings. The van der Waals surface area contributed by atoms with Crippen LogP contribution in [0.4, 0.5) is 0 Å². The van der Waals surface area contributed by atoms with Gasteiger partial charge in [-0.2, -0.15) is 0 Å². The van der Waals surface area contributed by atoms with E-state index in [1.807, 2.05) is 36.6 Å². The molecule has 0 aliphatic heterocycles. The highest BCUT2D eigenvalue weighted by atomic mass is 32.1. The largest absolute Gasteiger partial charge is 0.454 e. The van der Waals surface area contributed by atoms with E-state index in [1.165, 1.54) is 21.8 Å². The Balaban J connectivity index is 1.51. The van der Waals surface area contributed by atoms with Crippen molar-refractivity contribution in [1.29, 1.82) is 0 Å². The zero-order chi connectivity index (χ0) is 18.1. The molecule has 130 valence electrons. The highest BCUT2D eigenvalue weighted by Gasteiger charge is 2.14. The van der Waals surface area contributed by atoms with Crippen molar-refractivity contribution in [3.63, 3.8) is 0 Å². The molecule has 0 aromatic carbocycles. The van der Waals surface area contributed by atoms with Gasteiger partial charge < -0.3 is 4.74 Å². The van der Waals surface area contributed by atoms with Gasteiger partial charge in [0.1, 0.15) is 17.3 Å². The van der Waals surface area contributed by atoms with E-state index in [4.69, 9.17) is 4.74 Å². The first-order valence-corrected chi connectivity index (χ1v) is 9.52. The number of carbonyl (C=O) groups is 1. The Bertz CT molecular complexity index is 1150. The molecule has 0 saturated heterocycles. The molecule has 6 nitrogen and oxygen atoms in total. The minimum Gasteiger partial charge on any atom is -0.454 e. The lowest BCUT2D eigenvalue weighted by molar-refractivity contribution is 0.0462. The Labute approximate surface area is 156 Å². The summed E-state index contributed by atoms with van der Waals surface area (Å²) in [6.45, 7) is 1.76. The van der Waals surface area contributed by atoms with E-state index in [-0.39, 0.29) is 17.9 Å². The van der Waals surface area contributed by atoms with Crippen LogP contribution in [0.25, 0.3) is 15.5 Å². The molecule has 4 rings (SSSR count). The third-order valence-electron chi connectivity index (χ3n) is 3.73. The van der Waals surface area contributed by atoms with Crippen LogP contribution in [0, 0.1) is 6.92 Å². The molecule has 4 heterocycles. The smallest absolute Gasteiger partial charge is 0.358 e. The van der Waals surface area contributed by atoms with Gasteiger partial charge in [-0.05, 0) is 30.5 Å². The maximum Gasteiger partial charge on any atom is 0.358 e. The van der Waals surface area contributed by atoms with Crippen molar-refractivity contribution in [1.82, 2.24) is 14.4 Å². The average molecular weight is 383 g/mol. The zero-order valence-electron chi connectivity index (χ0n) is 13.7. The molecule has 0 radical (unpaired) electrons. The summed E-state index contributed by atoms with van der Waals surface area (Å²) in [6, 6.07) is 10.7. The summed E-state index contributed by atoms with van der Waals surface area (Å²) in [7, 11) is 0. The van der Waals surface area contributed by atoms with Gasteiger partial charge in [-0.15, -0.1) is 22.7 Å². The summed E-state index contributed by atoms with van der Waals surface area (Å²) in [4.78, 5) is 34.2. The van der Waals surface area contributed by atoms with Crippen molar-refractivity contribution in [2.75, 3.05) is 0 Å². The molecular weight excluding hydrogens is 370 g/mol. The molecule has 26 heavy (non-hydrogen) atoms. The number of carbonyl (C=O) groups excluding carboxylic acids is 1. The molecule has 4 aromatic rings. The number of hydrogen-bond acceptors (Lipinski definition) is 7. The predicted molar refractivity (Wildman–Crippen MR) is 101 cm³/mol. The number of thiazole rings is 1. The fourth-order valence-corrected chi connectivity index (χ4v) is 4.14. The number of rotatable bonds is 4. The lowest BCUT2D eigenvalue weighted by Gasteiger charge is -2.06. The van der Waals surface area contributed by atoms with E-state index in [0.717, 1.165) is 15.6 Å². The maximum atomic E-state index is 12.2. The monoisotopic (exact) mass is 383 g/mol. The highest BCUT2D eigenvalue weighted by Crippen LogP contribution is 2.28. The fraction of sp³-hybridized carbons (Fsp3) is 0.111. The van der Waals surface area contributed by atoms with Crippen LogP contribution in [0.5, 0.6) is 0 Å². The molecule has 0 bridgehead atoms. The van der Waals surface area contributed by atoms with E-state index in [2.05, 4.69) is 9.97 Å². The van der Waals surface area contributed by atoms with Crippen molar-refractivity contribution < 1.29 is 9.53 Å². The Kier molecular flexibility index (Phi) is 4.36. The number of ether oxygens (including phenoxy) is 1. The second kappa shape index (κ2) is 6.81. The minimum atomic E-state index is -0.532. The van der Waals surface area contributed by atoms with Crippen molar-refractivity contribution in [2.45, 2.75) is 13.5 Å². The van der Waals surface area contributed by atoms with Gasteiger partial charge in [-0.25, -0.2) is 14.8 Å². The molecule has 8 heteroatoms. The lowest BCUT2D eigenvalue weighted by atomic mass is 10.3. The van der Waals surface area contributed by atoms with E-state index in [0.29, 0.717) is 11.3 Å². The molecule has 0 aliphatic rings. The van der Waals surface area contributed by atoms with Crippen LogP contribution < -0.4 is 5.56 Å². The molecular formula is C18H13N3O3S2. The predicted octanol–water partition coefficient (Wildman–Crippen LogP) is 3.54. The second-order valence-electron chi connectivity index (χ2n) is 5.54. The molecule has 0 amide bonds.